The molecule has 0 aliphatic carbocycles. The molecule has 0 atom stereocenters. The summed E-state index contributed by atoms with van der Waals surface area (Å²) in [6, 6.07) is 14.0. The van der Waals surface area contributed by atoms with Crippen molar-refractivity contribution < 1.29 is 4.79 Å². The Morgan fingerprint density at radius 3 is 2.95 bits per heavy atom. The SMILES string of the molecule is Cc1ccc(N)cc1NC(=O)CCN1CCc2ccccc21. The number of nitrogens with two attached hydrogens (primary N) is 1. The molecular weight excluding hydrogens is 274 g/mol. The molecule has 22 heavy (non-hydrogen) atoms. The Morgan fingerprint density at radius 1 is 1.27 bits per heavy atom. The van der Waals surface area contributed by atoms with Crippen molar-refractivity contribution in [1.82, 2.24) is 0 Å². The Balaban J connectivity index is 1.58. The van der Waals surface area contributed by atoms with Gasteiger partial charge in [0.25, 0.3) is 0 Å². The molecule has 2 aromatic carbocycles. The van der Waals surface area contributed by atoms with Crippen LogP contribution in [0.3, 0.4) is 0 Å². The summed E-state index contributed by atoms with van der Waals surface area (Å²) < 4.78 is 0. The van der Waals surface area contributed by atoms with Gasteiger partial charge in [-0.1, -0.05) is 24.3 Å². The van der Waals surface area contributed by atoms with Gasteiger partial charge in [0.15, 0.2) is 0 Å². The van der Waals surface area contributed by atoms with E-state index in [4.69, 9.17) is 5.73 Å². The number of nitrogen functional groups attached to an aromatic ring is 1. The van der Waals surface area contributed by atoms with Gasteiger partial charge >= 0.3 is 0 Å². The van der Waals surface area contributed by atoms with E-state index in [2.05, 4.69) is 28.4 Å². The minimum absolute atomic E-state index is 0.0260. The van der Waals surface area contributed by atoms with Crippen molar-refractivity contribution in [2.45, 2.75) is 19.8 Å². The van der Waals surface area contributed by atoms with Crippen LogP contribution in [0.15, 0.2) is 42.5 Å². The van der Waals surface area contributed by atoms with Crippen LogP contribution in [0.5, 0.6) is 0 Å². The first-order chi connectivity index (χ1) is 10.6. The van der Waals surface area contributed by atoms with E-state index < -0.39 is 0 Å². The molecule has 0 fully saturated rings. The smallest absolute Gasteiger partial charge is 0.226 e. The molecule has 1 amide bonds. The number of rotatable bonds is 4. The molecule has 0 saturated heterocycles. The normalized spacial score (nSPS) is 13.0. The Bertz CT molecular complexity index is 696. The van der Waals surface area contributed by atoms with Crippen LogP contribution in [-0.2, 0) is 11.2 Å². The first-order valence-electron chi connectivity index (χ1n) is 7.62. The van der Waals surface area contributed by atoms with Crippen LogP contribution in [0, 0.1) is 6.92 Å². The molecule has 0 saturated carbocycles. The predicted octanol–water partition coefficient (Wildman–Crippen LogP) is 2.97. The monoisotopic (exact) mass is 295 g/mol. The molecule has 1 aliphatic heterocycles. The van der Waals surface area contributed by atoms with Crippen molar-refractivity contribution in [1.29, 1.82) is 0 Å². The van der Waals surface area contributed by atoms with E-state index in [0.29, 0.717) is 12.1 Å². The van der Waals surface area contributed by atoms with Crippen molar-refractivity contribution in [2.75, 3.05) is 29.0 Å². The molecule has 0 bridgehead atoms. The lowest BCUT2D eigenvalue weighted by Gasteiger charge is -2.19. The molecule has 3 N–H and O–H groups in total. The van der Waals surface area contributed by atoms with Crippen LogP contribution < -0.4 is 16.0 Å². The van der Waals surface area contributed by atoms with E-state index in [1.807, 2.05) is 25.1 Å². The summed E-state index contributed by atoms with van der Waals surface area (Å²) in [6.07, 6.45) is 1.54. The van der Waals surface area contributed by atoms with Gasteiger partial charge in [-0.05, 0) is 42.7 Å². The van der Waals surface area contributed by atoms with Crippen LogP contribution >= 0.6 is 0 Å². The molecule has 0 aromatic heterocycles. The molecular formula is C18H21N3O. The molecule has 3 rings (SSSR count). The Kier molecular flexibility index (Phi) is 4.00. The van der Waals surface area contributed by atoms with Gasteiger partial charge in [0, 0.05) is 36.6 Å². The topological polar surface area (TPSA) is 58.4 Å². The number of hydrogen-bond acceptors (Lipinski definition) is 3. The minimum atomic E-state index is 0.0260. The minimum Gasteiger partial charge on any atom is -0.399 e. The number of nitrogens with zero attached hydrogens (tertiary/aromatic N) is 1. The van der Waals surface area contributed by atoms with Crippen LogP contribution in [0.2, 0.25) is 0 Å². The number of carbonyl (C=O) groups is 1. The molecule has 1 aliphatic rings. The molecule has 4 nitrogen and oxygen atoms in total. The maximum atomic E-state index is 12.2. The number of nitrogens with one attached hydrogen (secondary N) is 1. The highest BCUT2D eigenvalue weighted by atomic mass is 16.1. The number of benzene rings is 2. The largest absolute Gasteiger partial charge is 0.399 e. The molecule has 2 aromatic rings. The third-order valence-corrected chi connectivity index (χ3v) is 4.13. The summed E-state index contributed by atoms with van der Waals surface area (Å²) in [5.74, 6) is 0.0260. The lowest BCUT2D eigenvalue weighted by Crippen LogP contribution is -2.26. The highest BCUT2D eigenvalue weighted by Gasteiger charge is 2.18. The highest BCUT2D eigenvalue weighted by Crippen LogP contribution is 2.27. The predicted molar refractivity (Wildman–Crippen MR) is 91.2 cm³/mol. The molecule has 0 unspecified atom stereocenters. The second kappa shape index (κ2) is 6.10. The van der Waals surface area contributed by atoms with Crippen molar-refractivity contribution in [3.63, 3.8) is 0 Å². The van der Waals surface area contributed by atoms with Gasteiger partial charge < -0.3 is 16.0 Å². The lowest BCUT2D eigenvalue weighted by atomic mass is 10.1. The van der Waals surface area contributed by atoms with Crippen LogP contribution in [0.4, 0.5) is 17.1 Å². The van der Waals surface area contributed by atoms with Gasteiger partial charge in [-0.25, -0.2) is 0 Å². The summed E-state index contributed by atoms with van der Waals surface area (Å²) in [7, 11) is 0. The van der Waals surface area contributed by atoms with E-state index in [0.717, 1.165) is 30.8 Å². The average molecular weight is 295 g/mol. The van der Waals surface area contributed by atoms with Crippen molar-refractivity contribution in [3.8, 4) is 0 Å². The molecule has 0 radical (unpaired) electrons. The zero-order valence-corrected chi connectivity index (χ0v) is 12.8. The van der Waals surface area contributed by atoms with Crippen LogP contribution in [0.1, 0.15) is 17.5 Å². The lowest BCUT2D eigenvalue weighted by molar-refractivity contribution is -0.116. The van der Waals surface area contributed by atoms with Crippen molar-refractivity contribution >= 4 is 23.0 Å². The summed E-state index contributed by atoms with van der Waals surface area (Å²) >= 11 is 0. The van der Waals surface area contributed by atoms with Gasteiger partial charge in [0.1, 0.15) is 0 Å². The fraction of sp³-hybridized carbons (Fsp3) is 0.278. The number of fused-ring (bicyclic) bond motifs is 1. The number of carbonyl (C=O) groups excluding carboxylic acids is 1. The second-order valence-electron chi connectivity index (χ2n) is 5.74. The third-order valence-electron chi connectivity index (χ3n) is 4.13. The second-order valence-corrected chi connectivity index (χ2v) is 5.74. The van der Waals surface area contributed by atoms with E-state index in [9.17, 15) is 4.79 Å². The number of anilines is 3. The van der Waals surface area contributed by atoms with E-state index in [-0.39, 0.29) is 5.91 Å². The number of amides is 1. The van der Waals surface area contributed by atoms with Crippen molar-refractivity contribution in [2.24, 2.45) is 0 Å². The van der Waals surface area contributed by atoms with Crippen LogP contribution in [-0.4, -0.2) is 19.0 Å². The zero-order valence-electron chi connectivity index (χ0n) is 12.8. The fourth-order valence-corrected chi connectivity index (χ4v) is 2.86. The van der Waals surface area contributed by atoms with Gasteiger partial charge in [0.05, 0.1) is 0 Å². The average Bonchev–Trinajstić information content (AvgIpc) is 2.92. The first kappa shape index (κ1) is 14.4. The molecule has 1 heterocycles. The summed E-state index contributed by atoms with van der Waals surface area (Å²) in [4.78, 5) is 14.4. The Hall–Kier alpha value is -2.49. The summed E-state index contributed by atoms with van der Waals surface area (Å²) in [6.45, 7) is 3.69. The number of hydrogen-bond donors (Lipinski definition) is 2. The molecule has 4 heteroatoms. The Morgan fingerprint density at radius 2 is 2.09 bits per heavy atom. The van der Waals surface area contributed by atoms with E-state index in [1.54, 1.807) is 6.07 Å². The van der Waals surface area contributed by atoms with Gasteiger partial charge in [-0.15, -0.1) is 0 Å². The molecule has 114 valence electrons. The number of aryl methyl sites for hydroxylation is 1. The van der Waals surface area contributed by atoms with Crippen LogP contribution in [0.25, 0.3) is 0 Å². The molecule has 0 spiro atoms. The summed E-state index contributed by atoms with van der Waals surface area (Å²) in [5, 5.41) is 2.95. The van der Waals surface area contributed by atoms with Gasteiger partial charge in [0.2, 0.25) is 5.91 Å². The standard InChI is InChI=1S/C18H21N3O/c1-13-6-7-15(19)12-16(13)20-18(22)9-11-21-10-8-14-4-2-3-5-17(14)21/h2-7,12H,8-11,19H2,1H3,(H,20,22). The van der Waals surface area contributed by atoms with Gasteiger partial charge in [-0.3, -0.25) is 4.79 Å². The fourth-order valence-electron chi connectivity index (χ4n) is 2.86. The maximum absolute atomic E-state index is 12.2. The highest BCUT2D eigenvalue weighted by molar-refractivity contribution is 5.92. The van der Waals surface area contributed by atoms with E-state index >= 15 is 0 Å². The van der Waals surface area contributed by atoms with Gasteiger partial charge in [-0.2, -0.15) is 0 Å². The Labute approximate surface area is 130 Å². The summed E-state index contributed by atoms with van der Waals surface area (Å²) in [5.41, 5.74) is 10.9. The van der Waals surface area contributed by atoms with Crippen molar-refractivity contribution in [3.05, 3.63) is 53.6 Å². The first-order valence-corrected chi connectivity index (χ1v) is 7.62. The van der Waals surface area contributed by atoms with E-state index in [1.165, 1.54) is 11.3 Å². The number of para-hydroxylation sites is 1. The maximum Gasteiger partial charge on any atom is 0.226 e. The quantitative estimate of drug-likeness (QED) is 0.853. The zero-order chi connectivity index (χ0) is 15.5. The third kappa shape index (κ3) is 3.06.